The van der Waals surface area contributed by atoms with Crippen LogP contribution in [-0.2, 0) is 0 Å². The number of nitrogen functional groups attached to an aromatic ring is 1. The molecule has 0 unspecified atom stereocenters. The predicted octanol–water partition coefficient (Wildman–Crippen LogP) is 3.40. The third kappa shape index (κ3) is 3.68. The topological polar surface area (TPSA) is 38.0 Å². The predicted molar refractivity (Wildman–Crippen MR) is 63.3 cm³/mol. The zero-order chi connectivity index (χ0) is 12.1. The summed E-state index contributed by atoms with van der Waals surface area (Å²) in [5.41, 5.74) is 5.33. The van der Waals surface area contributed by atoms with Gasteiger partial charge in [-0.25, -0.2) is 8.78 Å². The second-order valence-electron chi connectivity index (χ2n) is 4.32. The fourth-order valence-corrected chi connectivity index (χ4v) is 1.49. The van der Waals surface area contributed by atoms with Crippen LogP contribution in [0, 0.1) is 17.6 Å². The lowest BCUT2D eigenvalue weighted by Crippen LogP contribution is -2.07. The van der Waals surface area contributed by atoms with Gasteiger partial charge in [-0.3, -0.25) is 0 Å². The highest BCUT2D eigenvalue weighted by Gasteiger charge is 2.09. The molecule has 90 valence electrons. The Morgan fingerprint density at radius 3 is 2.31 bits per heavy atom. The van der Waals surface area contributed by atoms with Gasteiger partial charge in [0.05, 0.1) is 0 Å². The molecule has 1 aromatic carbocycles. The largest absolute Gasteiger partial charge is 0.399 e. The summed E-state index contributed by atoms with van der Waals surface area (Å²) in [4.78, 5) is 0. The van der Waals surface area contributed by atoms with E-state index in [1.165, 1.54) is 0 Å². The maximum absolute atomic E-state index is 13.3. The summed E-state index contributed by atoms with van der Waals surface area (Å²) < 4.78 is 26.6. The van der Waals surface area contributed by atoms with Crippen molar-refractivity contribution in [3.63, 3.8) is 0 Å². The zero-order valence-corrected chi connectivity index (χ0v) is 9.69. The van der Waals surface area contributed by atoms with Gasteiger partial charge in [-0.15, -0.1) is 0 Å². The molecule has 16 heavy (non-hydrogen) atoms. The molecule has 0 aliphatic rings. The van der Waals surface area contributed by atoms with Gasteiger partial charge in [-0.05, 0) is 30.9 Å². The van der Waals surface area contributed by atoms with E-state index in [-0.39, 0.29) is 11.4 Å². The highest BCUT2D eigenvalue weighted by Crippen LogP contribution is 2.21. The number of nitrogens with one attached hydrogen (secondary N) is 1. The Bertz CT molecular complexity index is 328. The Hall–Kier alpha value is -1.32. The molecule has 0 bridgehead atoms. The molecule has 0 spiro atoms. The third-order valence-electron chi connectivity index (χ3n) is 2.32. The van der Waals surface area contributed by atoms with Gasteiger partial charge in [-0.1, -0.05) is 13.8 Å². The second-order valence-corrected chi connectivity index (χ2v) is 4.32. The summed E-state index contributed by atoms with van der Waals surface area (Å²) in [5, 5.41) is 2.76. The summed E-state index contributed by atoms with van der Waals surface area (Å²) in [5.74, 6) is -0.674. The molecule has 0 amide bonds. The average Bonchev–Trinajstić information content (AvgIpc) is 2.14. The summed E-state index contributed by atoms with van der Waals surface area (Å²) in [6.45, 7) is 4.80. The zero-order valence-electron chi connectivity index (χ0n) is 9.69. The summed E-state index contributed by atoms with van der Waals surface area (Å²) in [6, 6.07) is 2.24. The minimum Gasteiger partial charge on any atom is -0.399 e. The first-order valence-corrected chi connectivity index (χ1v) is 5.49. The van der Waals surface area contributed by atoms with Crippen molar-refractivity contribution in [3.05, 3.63) is 23.8 Å². The van der Waals surface area contributed by atoms with Crippen LogP contribution in [0.15, 0.2) is 12.1 Å². The molecule has 0 fully saturated rings. The first-order chi connectivity index (χ1) is 7.50. The van der Waals surface area contributed by atoms with Gasteiger partial charge in [-0.2, -0.15) is 0 Å². The monoisotopic (exact) mass is 228 g/mol. The lowest BCUT2D eigenvalue weighted by atomic mass is 10.1. The standard InChI is InChI=1S/C12H18F2N2/c1-8(2)4-3-5-16-12-10(13)6-9(15)7-11(12)14/h6-8,16H,3-5,15H2,1-2H3. The summed E-state index contributed by atoms with van der Waals surface area (Å²) >= 11 is 0. The SMILES string of the molecule is CC(C)CCCNc1c(F)cc(N)cc1F. The van der Waals surface area contributed by atoms with E-state index in [1.54, 1.807) is 0 Å². The Balaban J connectivity index is 2.54. The quantitative estimate of drug-likeness (QED) is 0.598. The van der Waals surface area contributed by atoms with Gasteiger partial charge in [0, 0.05) is 12.2 Å². The van der Waals surface area contributed by atoms with E-state index in [0.29, 0.717) is 12.5 Å². The van der Waals surface area contributed by atoms with Crippen molar-refractivity contribution in [2.24, 2.45) is 5.92 Å². The number of hydrogen-bond acceptors (Lipinski definition) is 2. The normalized spacial score (nSPS) is 10.8. The Morgan fingerprint density at radius 2 is 1.81 bits per heavy atom. The molecule has 1 rings (SSSR count). The Kier molecular flexibility index (Phi) is 4.52. The van der Waals surface area contributed by atoms with Crippen LogP contribution >= 0.6 is 0 Å². The Morgan fingerprint density at radius 1 is 1.25 bits per heavy atom. The number of benzene rings is 1. The molecule has 0 saturated heterocycles. The minimum absolute atomic E-state index is 0.0852. The van der Waals surface area contributed by atoms with Gasteiger partial charge in [0.1, 0.15) is 5.69 Å². The van der Waals surface area contributed by atoms with E-state index in [9.17, 15) is 8.78 Å². The molecule has 0 atom stereocenters. The first kappa shape index (κ1) is 12.7. The first-order valence-electron chi connectivity index (χ1n) is 5.49. The lowest BCUT2D eigenvalue weighted by molar-refractivity contribution is 0.560. The molecular weight excluding hydrogens is 210 g/mol. The van der Waals surface area contributed by atoms with E-state index < -0.39 is 11.6 Å². The van der Waals surface area contributed by atoms with Crippen LogP contribution in [0.1, 0.15) is 26.7 Å². The lowest BCUT2D eigenvalue weighted by Gasteiger charge is -2.10. The maximum Gasteiger partial charge on any atom is 0.151 e. The van der Waals surface area contributed by atoms with E-state index in [0.717, 1.165) is 25.0 Å². The molecule has 0 radical (unpaired) electrons. The van der Waals surface area contributed by atoms with Gasteiger partial charge in [0.15, 0.2) is 11.6 Å². The van der Waals surface area contributed by atoms with Crippen LogP contribution in [0.2, 0.25) is 0 Å². The molecule has 0 aliphatic heterocycles. The van der Waals surface area contributed by atoms with Crippen molar-refractivity contribution < 1.29 is 8.78 Å². The molecule has 3 N–H and O–H groups in total. The number of rotatable bonds is 5. The van der Waals surface area contributed by atoms with Gasteiger partial charge >= 0.3 is 0 Å². The van der Waals surface area contributed by atoms with E-state index in [1.807, 2.05) is 0 Å². The molecule has 0 aliphatic carbocycles. The average molecular weight is 228 g/mol. The fraction of sp³-hybridized carbons (Fsp3) is 0.500. The van der Waals surface area contributed by atoms with Crippen molar-refractivity contribution in [2.45, 2.75) is 26.7 Å². The second kappa shape index (κ2) is 5.68. The smallest absolute Gasteiger partial charge is 0.151 e. The van der Waals surface area contributed by atoms with Crippen molar-refractivity contribution in [3.8, 4) is 0 Å². The van der Waals surface area contributed by atoms with Crippen LogP contribution in [0.5, 0.6) is 0 Å². The van der Waals surface area contributed by atoms with E-state index >= 15 is 0 Å². The summed E-state index contributed by atoms with van der Waals surface area (Å²) in [7, 11) is 0. The molecule has 4 heteroatoms. The van der Waals surface area contributed by atoms with Crippen LogP contribution in [0.25, 0.3) is 0 Å². The van der Waals surface area contributed by atoms with Gasteiger partial charge in [0.25, 0.3) is 0 Å². The molecule has 2 nitrogen and oxygen atoms in total. The molecule has 0 aromatic heterocycles. The molecule has 1 aromatic rings. The van der Waals surface area contributed by atoms with Crippen molar-refractivity contribution >= 4 is 11.4 Å². The van der Waals surface area contributed by atoms with Crippen molar-refractivity contribution in [1.29, 1.82) is 0 Å². The number of nitrogens with two attached hydrogens (primary N) is 1. The van der Waals surface area contributed by atoms with Gasteiger partial charge in [0.2, 0.25) is 0 Å². The maximum atomic E-state index is 13.3. The molecular formula is C12H18F2N2. The summed E-state index contributed by atoms with van der Waals surface area (Å²) in [6.07, 6.45) is 1.92. The highest BCUT2D eigenvalue weighted by molar-refractivity contribution is 5.53. The highest BCUT2D eigenvalue weighted by atomic mass is 19.1. The van der Waals surface area contributed by atoms with E-state index in [2.05, 4.69) is 19.2 Å². The fourth-order valence-electron chi connectivity index (χ4n) is 1.49. The third-order valence-corrected chi connectivity index (χ3v) is 2.32. The molecule has 0 saturated carbocycles. The van der Waals surface area contributed by atoms with Crippen LogP contribution in [0.4, 0.5) is 20.2 Å². The van der Waals surface area contributed by atoms with Crippen LogP contribution in [0.3, 0.4) is 0 Å². The van der Waals surface area contributed by atoms with Crippen LogP contribution < -0.4 is 11.1 Å². The Labute approximate surface area is 94.8 Å². The molecule has 0 heterocycles. The number of anilines is 2. The van der Waals surface area contributed by atoms with Crippen molar-refractivity contribution in [2.75, 3.05) is 17.6 Å². The minimum atomic E-state index is -0.637. The number of hydrogen-bond donors (Lipinski definition) is 2. The van der Waals surface area contributed by atoms with Gasteiger partial charge < -0.3 is 11.1 Å². The van der Waals surface area contributed by atoms with Crippen LogP contribution in [-0.4, -0.2) is 6.54 Å². The van der Waals surface area contributed by atoms with E-state index in [4.69, 9.17) is 5.73 Å². The number of halogens is 2. The van der Waals surface area contributed by atoms with Crippen molar-refractivity contribution in [1.82, 2.24) is 0 Å².